The molecule has 0 aromatic heterocycles. The topological polar surface area (TPSA) is 71.1 Å². The zero-order chi connectivity index (χ0) is 28.6. The number of benzene rings is 3. The molecule has 7 nitrogen and oxygen atoms in total. The van der Waals surface area contributed by atoms with Crippen molar-refractivity contribution in [3.63, 3.8) is 0 Å². The van der Waals surface area contributed by atoms with Crippen LogP contribution in [0.2, 0.25) is 0 Å². The number of nitrogens with one attached hydrogen (secondary N) is 1. The molecule has 1 aliphatic heterocycles. The average Bonchev–Trinajstić information content (AvgIpc) is 2.99. The second kappa shape index (κ2) is 17.1. The summed E-state index contributed by atoms with van der Waals surface area (Å²) in [6.07, 6.45) is 0.832. The number of carbonyl (C=O) groups excluding carboxylic acids is 2. The van der Waals surface area contributed by atoms with Crippen LogP contribution in [-0.4, -0.2) is 76.0 Å². The number of hydrogen-bond acceptors (Lipinski definition) is 7. The first-order valence-corrected chi connectivity index (χ1v) is 13.4. The molecule has 1 fully saturated rings. The smallest absolute Gasteiger partial charge is 0.188 e. The molecule has 39 heavy (non-hydrogen) atoms. The number of rotatable bonds is 9. The molecule has 0 spiro atoms. The van der Waals surface area contributed by atoms with Crippen LogP contribution in [0.15, 0.2) is 66.7 Å². The number of ether oxygens (including phenoxy) is 2. The lowest BCUT2D eigenvalue weighted by molar-refractivity contribution is 0.0505. The van der Waals surface area contributed by atoms with Gasteiger partial charge in [0.25, 0.3) is 0 Å². The summed E-state index contributed by atoms with van der Waals surface area (Å²) >= 11 is 0. The third-order valence-electron chi connectivity index (χ3n) is 6.31. The highest BCUT2D eigenvalue weighted by molar-refractivity contribution is 6.00. The molecule has 0 atom stereocenters. The molecule has 0 radical (unpaired) electrons. The number of nitrogens with zero attached hydrogens (tertiary/aromatic N) is 2. The number of hydrogen-bond donors (Lipinski definition) is 1. The fourth-order valence-electron chi connectivity index (χ4n) is 4.17. The van der Waals surface area contributed by atoms with E-state index in [-0.39, 0.29) is 12.6 Å². The molecule has 0 aliphatic carbocycles. The fraction of sp³-hybridized carbons (Fsp3) is 0.375. The Morgan fingerprint density at radius 3 is 2.23 bits per heavy atom. The van der Waals surface area contributed by atoms with Gasteiger partial charge in [-0.25, -0.2) is 0 Å². The highest BCUT2D eigenvalue weighted by atomic mass is 16.7. The van der Waals surface area contributed by atoms with Gasteiger partial charge < -0.3 is 19.7 Å². The van der Waals surface area contributed by atoms with Crippen LogP contribution in [0.4, 0.5) is 5.69 Å². The second-order valence-corrected chi connectivity index (χ2v) is 9.05. The highest BCUT2D eigenvalue weighted by Gasteiger charge is 2.14. The normalized spacial score (nSPS) is 13.3. The molecule has 1 aliphatic rings. The Morgan fingerprint density at radius 1 is 0.949 bits per heavy atom. The van der Waals surface area contributed by atoms with Gasteiger partial charge in [0.2, 0.25) is 0 Å². The van der Waals surface area contributed by atoms with Crippen molar-refractivity contribution in [2.75, 3.05) is 59.5 Å². The lowest BCUT2D eigenvalue weighted by Gasteiger charge is -2.32. The molecular formula is C32H43N3O4. The largest absolute Gasteiger partial charge is 0.467 e. The summed E-state index contributed by atoms with van der Waals surface area (Å²) in [7, 11) is 5.53. The maximum Gasteiger partial charge on any atom is 0.188 e. The van der Waals surface area contributed by atoms with Crippen molar-refractivity contribution >= 4 is 17.8 Å². The number of piperazine rings is 1. The minimum Gasteiger partial charge on any atom is -0.467 e. The van der Waals surface area contributed by atoms with E-state index in [1.165, 1.54) is 0 Å². The van der Waals surface area contributed by atoms with Gasteiger partial charge in [-0.3, -0.25) is 14.5 Å². The van der Waals surface area contributed by atoms with Crippen molar-refractivity contribution in [2.45, 2.75) is 27.3 Å². The summed E-state index contributed by atoms with van der Waals surface area (Å²) < 4.78 is 10.2. The van der Waals surface area contributed by atoms with Crippen molar-refractivity contribution in [3.05, 3.63) is 83.4 Å². The summed E-state index contributed by atoms with van der Waals surface area (Å²) in [4.78, 5) is 27.3. The number of aldehydes is 1. The molecule has 1 N–H and O–H groups in total. The summed E-state index contributed by atoms with van der Waals surface area (Å²) in [5.41, 5.74) is 5.58. The van der Waals surface area contributed by atoms with E-state index in [0.29, 0.717) is 11.3 Å². The Bertz CT molecular complexity index is 1160. The Balaban J connectivity index is 0.000000260. The summed E-state index contributed by atoms with van der Waals surface area (Å²) in [5.74, 6) is 0.651. The van der Waals surface area contributed by atoms with Gasteiger partial charge in [0.15, 0.2) is 18.9 Å². The van der Waals surface area contributed by atoms with Gasteiger partial charge in [-0.05, 0) is 54.9 Å². The van der Waals surface area contributed by atoms with Crippen molar-refractivity contribution in [1.29, 1.82) is 0 Å². The van der Waals surface area contributed by atoms with E-state index in [2.05, 4.69) is 34.3 Å². The number of anilines is 1. The molecule has 3 aromatic rings. The Kier molecular flexibility index (Phi) is 13.9. The zero-order valence-electron chi connectivity index (χ0n) is 24.2. The van der Waals surface area contributed by atoms with E-state index in [9.17, 15) is 9.59 Å². The Hall–Kier alpha value is -3.52. The SMILES string of the molecule is CC.CNc1cc(-c2ccccc2)ccc1C(C)=O.COCOc1ccc(CN2CCN(C)CC2)cc1C=O. The number of methoxy groups -OCH3 is 1. The molecule has 1 saturated heterocycles. The van der Waals surface area contributed by atoms with E-state index in [1.807, 2.05) is 75.5 Å². The van der Waals surface area contributed by atoms with Gasteiger partial charge >= 0.3 is 0 Å². The minimum atomic E-state index is 0.0777. The molecule has 0 amide bonds. The lowest BCUT2D eigenvalue weighted by atomic mass is 10.0. The molecule has 0 saturated carbocycles. The van der Waals surface area contributed by atoms with Gasteiger partial charge in [-0.2, -0.15) is 0 Å². The third kappa shape index (κ3) is 9.94. The quantitative estimate of drug-likeness (QED) is 0.210. The molecule has 4 rings (SSSR count). The lowest BCUT2D eigenvalue weighted by Crippen LogP contribution is -2.43. The first-order chi connectivity index (χ1) is 18.9. The summed E-state index contributed by atoms with van der Waals surface area (Å²) in [6, 6.07) is 21.7. The molecule has 3 aromatic carbocycles. The standard InChI is InChI=1S/C15H22N2O3.C15H15NO.C2H6/c1-16-5-7-17(8-6-16)10-13-3-4-15(20-12-19-2)14(9-13)11-18;1-11(17)14-9-8-13(10-15(14)16-2)12-6-4-3-5-7-12;1-2/h3-4,9,11H,5-8,10,12H2,1-2H3;3-10,16H,1-2H3;1-2H3. The van der Waals surface area contributed by atoms with Crippen molar-refractivity contribution < 1.29 is 19.1 Å². The van der Waals surface area contributed by atoms with Gasteiger partial charge in [0, 0.05) is 58.1 Å². The van der Waals surface area contributed by atoms with Crippen LogP contribution in [0, 0.1) is 0 Å². The maximum absolute atomic E-state index is 11.4. The van der Waals surface area contributed by atoms with Crippen molar-refractivity contribution in [1.82, 2.24) is 9.80 Å². The average molecular weight is 534 g/mol. The molecule has 7 heteroatoms. The van der Waals surface area contributed by atoms with Crippen LogP contribution in [0.1, 0.15) is 47.1 Å². The monoisotopic (exact) mass is 533 g/mol. The van der Waals surface area contributed by atoms with Crippen LogP contribution >= 0.6 is 0 Å². The first-order valence-electron chi connectivity index (χ1n) is 13.4. The first kappa shape index (κ1) is 31.7. The summed E-state index contributed by atoms with van der Waals surface area (Å²) in [5, 5.41) is 3.07. The number of likely N-dealkylation sites (N-methyl/N-ethyl adjacent to an activating group) is 1. The predicted octanol–water partition coefficient (Wildman–Crippen LogP) is 5.85. The van der Waals surface area contributed by atoms with Crippen LogP contribution in [0.25, 0.3) is 11.1 Å². The van der Waals surface area contributed by atoms with E-state index in [1.54, 1.807) is 14.0 Å². The van der Waals surface area contributed by atoms with Gasteiger partial charge in [-0.15, -0.1) is 0 Å². The van der Waals surface area contributed by atoms with Gasteiger partial charge in [0.05, 0.1) is 5.56 Å². The van der Waals surface area contributed by atoms with E-state index < -0.39 is 0 Å². The van der Waals surface area contributed by atoms with E-state index in [0.717, 1.165) is 67.0 Å². The Morgan fingerprint density at radius 2 is 1.64 bits per heavy atom. The van der Waals surface area contributed by atoms with Gasteiger partial charge in [0.1, 0.15) is 5.75 Å². The minimum absolute atomic E-state index is 0.0777. The molecule has 0 unspecified atom stereocenters. The molecule has 210 valence electrons. The fourth-order valence-corrected chi connectivity index (χ4v) is 4.17. The van der Waals surface area contributed by atoms with Crippen LogP contribution < -0.4 is 10.1 Å². The number of carbonyl (C=O) groups is 2. The highest BCUT2D eigenvalue weighted by Crippen LogP contribution is 2.25. The van der Waals surface area contributed by atoms with E-state index >= 15 is 0 Å². The molecule has 0 bridgehead atoms. The zero-order valence-corrected chi connectivity index (χ0v) is 24.2. The molecular weight excluding hydrogens is 490 g/mol. The van der Waals surface area contributed by atoms with Crippen LogP contribution in [0.3, 0.4) is 0 Å². The number of ketones is 1. The Labute approximate surface area is 233 Å². The predicted molar refractivity (Wildman–Crippen MR) is 160 cm³/mol. The van der Waals surface area contributed by atoms with Crippen LogP contribution in [-0.2, 0) is 11.3 Å². The van der Waals surface area contributed by atoms with Crippen LogP contribution in [0.5, 0.6) is 5.75 Å². The van der Waals surface area contributed by atoms with Gasteiger partial charge in [-0.1, -0.05) is 56.3 Å². The van der Waals surface area contributed by atoms with Crippen molar-refractivity contribution in [3.8, 4) is 16.9 Å². The maximum atomic E-state index is 11.4. The number of Topliss-reactive ketones (excluding diaryl/α,β-unsaturated/α-hetero) is 1. The van der Waals surface area contributed by atoms with Crippen molar-refractivity contribution in [2.24, 2.45) is 0 Å². The summed E-state index contributed by atoms with van der Waals surface area (Å²) in [6.45, 7) is 10.9. The molecule has 1 heterocycles. The second-order valence-electron chi connectivity index (χ2n) is 9.05. The third-order valence-corrected chi connectivity index (χ3v) is 6.31. The van der Waals surface area contributed by atoms with E-state index in [4.69, 9.17) is 9.47 Å².